The van der Waals surface area contributed by atoms with Gasteiger partial charge in [0.25, 0.3) is 0 Å². The van der Waals surface area contributed by atoms with Crippen LogP contribution >= 0.6 is 0 Å². The molecule has 0 bridgehead atoms. The van der Waals surface area contributed by atoms with Crippen LogP contribution in [0.5, 0.6) is 0 Å². The van der Waals surface area contributed by atoms with Crippen LogP contribution in [-0.4, -0.2) is 35.7 Å². The molecule has 1 aliphatic rings. The average Bonchev–Trinajstić information content (AvgIpc) is 3.17. The molecule has 1 aromatic rings. The number of furan rings is 1. The Hall–Kier alpha value is -1.49. The number of carbonyl (C=O) groups is 1. The molecule has 5 nitrogen and oxygen atoms in total. The number of nitrogens with one attached hydrogen (secondary N) is 1. The summed E-state index contributed by atoms with van der Waals surface area (Å²) in [6.45, 7) is 11.3. The van der Waals surface area contributed by atoms with Crippen LogP contribution < -0.4 is 5.32 Å². The molecule has 1 amide bonds. The summed E-state index contributed by atoms with van der Waals surface area (Å²) < 4.78 is 11.1. The Balaban J connectivity index is 1.73. The Bertz CT molecular complexity index is 515. The zero-order valence-corrected chi connectivity index (χ0v) is 15.0. The van der Waals surface area contributed by atoms with Crippen LogP contribution in [0.2, 0.25) is 0 Å². The smallest absolute Gasteiger partial charge is 0.410 e. The Labute approximate surface area is 139 Å². The van der Waals surface area contributed by atoms with Gasteiger partial charge in [0, 0.05) is 12.6 Å². The lowest BCUT2D eigenvalue weighted by Gasteiger charge is -2.27. The molecular formula is C18H30N2O3. The Morgan fingerprint density at radius 1 is 1.43 bits per heavy atom. The molecule has 0 saturated heterocycles. The highest BCUT2D eigenvalue weighted by Crippen LogP contribution is 2.28. The number of rotatable bonds is 7. The molecule has 1 aliphatic carbocycles. The molecule has 0 aromatic carbocycles. The summed E-state index contributed by atoms with van der Waals surface area (Å²) in [5, 5.41) is 3.44. The molecule has 1 saturated carbocycles. The first-order chi connectivity index (χ1) is 10.8. The number of ether oxygens (including phenoxy) is 1. The molecule has 1 fully saturated rings. The molecule has 23 heavy (non-hydrogen) atoms. The minimum atomic E-state index is -0.436. The third kappa shape index (κ3) is 5.90. The normalized spacial score (nSPS) is 16.2. The fraction of sp³-hybridized carbons (Fsp3) is 0.722. The highest BCUT2D eigenvalue weighted by Gasteiger charge is 2.34. The van der Waals surface area contributed by atoms with Crippen molar-refractivity contribution in [2.45, 2.75) is 71.6 Å². The monoisotopic (exact) mass is 322 g/mol. The minimum Gasteiger partial charge on any atom is -0.465 e. The third-order valence-corrected chi connectivity index (χ3v) is 3.83. The molecule has 0 radical (unpaired) electrons. The summed E-state index contributed by atoms with van der Waals surface area (Å²) >= 11 is 0. The SMILES string of the molecule is Cc1ccc(C(C)NCCCN(C(=O)OC(C)(C)C)C2CC2)o1. The molecule has 1 heterocycles. The summed E-state index contributed by atoms with van der Waals surface area (Å²) in [7, 11) is 0. The summed E-state index contributed by atoms with van der Waals surface area (Å²) in [6.07, 6.45) is 2.90. The van der Waals surface area contributed by atoms with Crippen molar-refractivity contribution in [2.24, 2.45) is 0 Å². The van der Waals surface area contributed by atoms with Crippen molar-refractivity contribution in [3.63, 3.8) is 0 Å². The average molecular weight is 322 g/mol. The van der Waals surface area contributed by atoms with E-state index >= 15 is 0 Å². The largest absolute Gasteiger partial charge is 0.465 e. The van der Waals surface area contributed by atoms with E-state index in [1.54, 1.807) is 0 Å². The van der Waals surface area contributed by atoms with Crippen LogP contribution in [0.25, 0.3) is 0 Å². The van der Waals surface area contributed by atoms with Crippen molar-refractivity contribution < 1.29 is 13.9 Å². The number of amides is 1. The van der Waals surface area contributed by atoms with Crippen molar-refractivity contribution in [2.75, 3.05) is 13.1 Å². The number of carbonyl (C=O) groups excluding carboxylic acids is 1. The van der Waals surface area contributed by atoms with Crippen LogP contribution in [0.15, 0.2) is 16.5 Å². The summed E-state index contributed by atoms with van der Waals surface area (Å²) in [4.78, 5) is 14.1. The Morgan fingerprint density at radius 3 is 2.65 bits per heavy atom. The molecule has 0 spiro atoms. The predicted molar refractivity (Wildman–Crippen MR) is 90.4 cm³/mol. The van der Waals surface area contributed by atoms with Crippen molar-refractivity contribution in [1.82, 2.24) is 10.2 Å². The van der Waals surface area contributed by atoms with Gasteiger partial charge in [-0.15, -0.1) is 0 Å². The molecule has 5 heteroatoms. The zero-order chi connectivity index (χ0) is 17.0. The maximum atomic E-state index is 12.3. The number of hydrogen-bond acceptors (Lipinski definition) is 4. The second-order valence-electron chi connectivity index (χ2n) is 7.38. The van der Waals surface area contributed by atoms with E-state index in [-0.39, 0.29) is 12.1 Å². The Kier molecular flexibility index (Phi) is 5.74. The second kappa shape index (κ2) is 7.39. The van der Waals surface area contributed by atoms with Gasteiger partial charge in [-0.05, 0) is 72.6 Å². The van der Waals surface area contributed by atoms with Crippen molar-refractivity contribution in [1.29, 1.82) is 0 Å². The fourth-order valence-corrected chi connectivity index (χ4v) is 2.48. The van der Waals surface area contributed by atoms with E-state index in [9.17, 15) is 4.79 Å². The maximum absolute atomic E-state index is 12.3. The molecule has 1 unspecified atom stereocenters. The highest BCUT2D eigenvalue weighted by molar-refractivity contribution is 5.69. The van der Waals surface area contributed by atoms with E-state index in [2.05, 4.69) is 12.2 Å². The highest BCUT2D eigenvalue weighted by atomic mass is 16.6. The van der Waals surface area contributed by atoms with Crippen molar-refractivity contribution in [3.05, 3.63) is 23.7 Å². The lowest BCUT2D eigenvalue weighted by molar-refractivity contribution is 0.0231. The van der Waals surface area contributed by atoms with Gasteiger partial charge in [0.05, 0.1) is 6.04 Å². The quantitative estimate of drug-likeness (QED) is 0.770. The number of hydrogen-bond donors (Lipinski definition) is 1. The van der Waals surface area contributed by atoms with Gasteiger partial charge in [-0.25, -0.2) is 4.79 Å². The van der Waals surface area contributed by atoms with Crippen LogP contribution in [0, 0.1) is 6.92 Å². The van der Waals surface area contributed by atoms with Gasteiger partial charge in [-0.2, -0.15) is 0 Å². The van der Waals surface area contributed by atoms with Crippen LogP contribution in [0.3, 0.4) is 0 Å². The molecule has 0 aliphatic heterocycles. The summed E-state index contributed by atoms with van der Waals surface area (Å²) in [6, 6.07) is 4.53. The lowest BCUT2D eigenvalue weighted by Crippen LogP contribution is -2.39. The zero-order valence-electron chi connectivity index (χ0n) is 15.0. The molecule has 130 valence electrons. The van der Waals surface area contributed by atoms with Gasteiger partial charge >= 0.3 is 6.09 Å². The minimum absolute atomic E-state index is 0.180. The summed E-state index contributed by atoms with van der Waals surface area (Å²) in [5.41, 5.74) is -0.436. The second-order valence-corrected chi connectivity index (χ2v) is 7.38. The molecule has 1 aromatic heterocycles. The van der Waals surface area contributed by atoms with E-state index in [0.717, 1.165) is 43.9 Å². The number of nitrogens with zero attached hydrogens (tertiary/aromatic N) is 1. The van der Waals surface area contributed by atoms with Gasteiger partial charge in [0.1, 0.15) is 17.1 Å². The van der Waals surface area contributed by atoms with Crippen LogP contribution in [0.4, 0.5) is 4.79 Å². The molecule has 1 atom stereocenters. The first-order valence-electron chi connectivity index (χ1n) is 8.55. The molecule has 2 rings (SSSR count). The first-order valence-corrected chi connectivity index (χ1v) is 8.55. The molecule has 1 N–H and O–H groups in total. The predicted octanol–water partition coefficient (Wildman–Crippen LogP) is 4.03. The number of aryl methyl sites for hydroxylation is 1. The van der Waals surface area contributed by atoms with E-state index in [4.69, 9.17) is 9.15 Å². The lowest BCUT2D eigenvalue weighted by atomic mass is 10.2. The van der Waals surface area contributed by atoms with E-state index in [1.807, 2.05) is 44.7 Å². The van der Waals surface area contributed by atoms with Gasteiger partial charge in [-0.1, -0.05) is 0 Å². The Morgan fingerprint density at radius 2 is 2.13 bits per heavy atom. The summed E-state index contributed by atoms with van der Waals surface area (Å²) in [5.74, 6) is 1.88. The van der Waals surface area contributed by atoms with Gasteiger partial charge in [0.15, 0.2) is 0 Å². The third-order valence-electron chi connectivity index (χ3n) is 3.83. The first kappa shape index (κ1) is 17.9. The van der Waals surface area contributed by atoms with Crippen LogP contribution in [0.1, 0.15) is 64.5 Å². The van der Waals surface area contributed by atoms with Crippen LogP contribution in [-0.2, 0) is 4.74 Å². The van der Waals surface area contributed by atoms with Gasteiger partial charge < -0.3 is 19.4 Å². The van der Waals surface area contributed by atoms with E-state index in [0.29, 0.717) is 6.04 Å². The van der Waals surface area contributed by atoms with Gasteiger partial charge in [-0.3, -0.25) is 0 Å². The standard InChI is InChI=1S/C18H30N2O3/c1-13-7-10-16(22-13)14(2)19-11-6-12-20(15-8-9-15)17(21)23-18(3,4)5/h7,10,14-15,19H,6,8-9,11-12H2,1-5H3. The maximum Gasteiger partial charge on any atom is 0.410 e. The van der Waals surface area contributed by atoms with Crippen molar-refractivity contribution in [3.8, 4) is 0 Å². The molecular weight excluding hydrogens is 292 g/mol. The van der Waals surface area contributed by atoms with E-state index < -0.39 is 5.60 Å². The topological polar surface area (TPSA) is 54.7 Å². The fourth-order valence-electron chi connectivity index (χ4n) is 2.48. The van der Waals surface area contributed by atoms with Gasteiger partial charge in [0.2, 0.25) is 0 Å². The van der Waals surface area contributed by atoms with E-state index in [1.165, 1.54) is 0 Å². The van der Waals surface area contributed by atoms with Crippen molar-refractivity contribution >= 4 is 6.09 Å².